The van der Waals surface area contributed by atoms with Crippen LogP contribution >= 0.6 is 10.0 Å². The minimum absolute atomic E-state index is 0. The second-order valence-electron chi connectivity index (χ2n) is 2.74. The van der Waals surface area contributed by atoms with Crippen LogP contribution < -0.4 is 12.4 Å². The van der Waals surface area contributed by atoms with Crippen molar-refractivity contribution in [2.75, 3.05) is 34.3 Å². The van der Waals surface area contributed by atoms with E-state index in [0.717, 1.165) is 11.0 Å². The van der Waals surface area contributed by atoms with Gasteiger partial charge in [-0.15, -0.1) is 0 Å². The summed E-state index contributed by atoms with van der Waals surface area (Å²) in [7, 11) is 10.7. The molecule has 0 aliphatic heterocycles. The SMILES string of the molecule is C[N+](C)(C)CCO.O.O.O.O.O.O.[Cl-].[Cl][Cr]. The molecule has 0 amide bonds. The standard InChI is InChI=1S/C5H14NO.2ClH.Cr.6H2O/c1-6(2,3)4-5-7;;;;;;;;;/h7H,4-5H2,1-3H3;2*1H;;6*1H2/q+1;;;+1;;;;;;/p-2. The van der Waals surface area contributed by atoms with Crippen molar-refractivity contribution in [1.29, 1.82) is 0 Å². The van der Waals surface area contributed by atoms with E-state index in [2.05, 4.69) is 46.6 Å². The van der Waals surface area contributed by atoms with Crippen LogP contribution in [0.5, 0.6) is 0 Å². The summed E-state index contributed by atoms with van der Waals surface area (Å²) in [6.07, 6.45) is 0. The summed E-state index contributed by atoms with van der Waals surface area (Å²) in [5, 5.41) is 8.39. The predicted octanol–water partition coefficient (Wildman–Crippen LogP) is -7.57. The summed E-state index contributed by atoms with van der Waals surface area (Å²) in [6.45, 7) is 1.11. The zero-order chi connectivity index (χ0) is 7.91. The van der Waals surface area contributed by atoms with Gasteiger partial charge in [-0.1, -0.05) is 0 Å². The number of rotatable bonds is 2. The van der Waals surface area contributed by atoms with Gasteiger partial charge in [0.25, 0.3) is 0 Å². The number of aliphatic hydroxyl groups is 1. The molecule has 0 spiro atoms. The monoisotopic (exact) mass is 334 g/mol. The molecule has 16 heavy (non-hydrogen) atoms. The molecule has 0 aliphatic carbocycles. The normalized spacial score (nSPS) is 5.56. The Kier molecular flexibility index (Phi) is 193. The molecule has 0 heterocycles. The van der Waals surface area contributed by atoms with Gasteiger partial charge in [0, 0.05) is 0 Å². The van der Waals surface area contributed by atoms with Crippen LogP contribution in [0.25, 0.3) is 0 Å². The van der Waals surface area contributed by atoms with Crippen LogP contribution in [0.15, 0.2) is 0 Å². The fraction of sp³-hybridized carbons (Fsp3) is 1.00. The van der Waals surface area contributed by atoms with Crippen LogP contribution in [0.1, 0.15) is 0 Å². The summed E-state index contributed by atoms with van der Waals surface area (Å²) in [6, 6.07) is 0. The quantitative estimate of drug-likeness (QED) is 0.479. The number of nitrogens with zero attached hydrogens (tertiary/aromatic N) is 1. The number of halogens is 2. The van der Waals surface area contributed by atoms with E-state index in [-0.39, 0.29) is 51.9 Å². The van der Waals surface area contributed by atoms with Gasteiger partial charge >= 0.3 is 25.4 Å². The molecule has 0 unspecified atom stereocenters. The first-order chi connectivity index (χ1) is 4.06. The number of quaternary nitrogens is 1. The Morgan fingerprint density at radius 1 is 0.875 bits per heavy atom. The predicted molar refractivity (Wildman–Crippen MR) is 57.5 cm³/mol. The van der Waals surface area contributed by atoms with E-state index in [9.17, 15) is 0 Å². The molecule has 13 N–H and O–H groups in total. The molecule has 0 fully saturated rings. The molecule has 0 aromatic rings. The van der Waals surface area contributed by atoms with E-state index in [1.54, 1.807) is 0 Å². The van der Waals surface area contributed by atoms with E-state index in [4.69, 9.17) is 5.11 Å². The van der Waals surface area contributed by atoms with Crippen molar-refractivity contribution < 1.29 is 70.2 Å². The first-order valence-electron chi connectivity index (χ1n) is 2.63. The van der Waals surface area contributed by atoms with Crippen molar-refractivity contribution in [3.05, 3.63) is 0 Å². The Hall–Kier alpha value is 0.792. The number of likely N-dealkylation sites (N-methyl/N-ethyl adjacent to an activating group) is 1. The Balaban J connectivity index is -0.00000000738. The molecule has 0 radical (unpaired) electrons. The van der Waals surface area contributed by atoms with Crippen LogP contribution in [0.2, 0.25) is 0 Å². The van der Waals surface area contributed by atoms with E-state index < -0.39 is 0 Å². The third-order valence-corrected chi connectivity index (χ3v) is 0.771. The third-order valence-electron chi connectivity index (χ3n) is 0.771. The van der Waals surface area contributed by atoms with Crippen molar-refractivity contribution in [1.82, 2.24) is 0 Å². The first-order valence-corrected chi connectivity index (χ1v) is 4.38. The number of hydrogen-bond acceptors (Lipinski definition) is 1. The van der Waals surface area contributed by atoms with Crippen molar-refractivity contribution in [2.24, 2.45) is 0 Å². The van der Waals surface area contributed by atoms with Crippen LogP contribution in [-0.4, -0.2) is 76.7 Å². The molecule has 0 rings (SSSR count). The van der Waals surface area contributed by atoms with Gasteiger partial charge in [-0.05, 0) is 0 Å². The molecule has 0 aliphatic rings. The third kappa shape index (κ3) is 123. The van der Waals surface area contributed by atoms with Crippen LogP contribution in [0.3, 0.4) is 0 Å². The Morgan fingerprint density at radius 2 is 1.06 bits per heavy atom. The van der Waals surface area contributed by atoms with Crippen molar-refractivity contribution in [3.8, 4) is 0 Å². The first kappa shape index (κ1) is 69.0. The molecule has 0 aromatic heterocycles. The van der Waals surface area contributed by atoms with Gasteiger partial charge in [-0.2, -0.15) is 0 Å². The molecule has 0 atom stereocenters. The maximum atomic E-state index is 8.39. The van der Waals surface area contributed by atoms with Gasteiger partial charge in [-0.3, -0.25) is 0 Å². The van der Waals surface area contributed by atoms with E-state index in [1.165, 1.54) is 0 Å². The Labute approximate surface area is 115 Å². The van der Waals surface area contributed by atoms with E-state index in [1.807, 2.05) is 0 Å². The van der Waals surface area contributed by atoms with Gasteiger partial charge in [0.05, 0.1) is 27.7 Å². The Bertz CT molecular complexity index is 69.2. The second kappa shape index (κ2) is 44.7. The molecule has 0 bridgehead atoms. The number of hydrogen-bond donors (Lipinski definition) is 1. The molecule has 0 saturated carbocycles. The van der Waals surface area contributed by atoms with Crippen LogP contribution in [0.4, 0.5) is 0 Å². The Morgan fingerprint density at radius 3 is 1.06 bits per heavy atom. The average molecular weight is 335 g/mol. The van der Waals surface area contributed by atoms with Gasteiger partial charge in [-0.25, -0.2) is 0 Å². The molecular formula is C5H26Cl2CrNO7. The van der Waals surface area contributed by atoms with Crippen molar-refractivity contribution in [3.63, 3.8) is 0 Å². The van der Waals surface area contributed by atoms with Crippen LogP contribution in [-0.2, 0) is 15.4 Å². The average Bonchev–Trinajstić information content (AvgIpc) is 1.69. The molecule has 8 nitrogen and oxygen atoms in total. The van der Waals surface area contributed by atoms with Gasteiger partial charge in [0.1, 0.15) is 6.54 Å². The van der Waals surface area contributed by atoms with Gasteiger partial charge < -0.3 is 54.9 Å². The fourth-order valence-electron chi connectivity index (χ4n) is 0.300. The van der Waals surface area contributed by atoms with Gasteiger partial charge in [0.15, 0.2) is 0 Å². The van der Waals surface area contributed by atoms with E-state index >= 15 is 0 Å². The molecular weight excluding hydrogens is 309 g/mol. The summed E-state index contributed by atoms with van der Waals surface area (Å²) in [5.41, 5.74) is 0. The molecule has 0 saturated heterocycles. The van der Waals surface area contributed by atoms with Crippen molar-refractivity contribution in [2.45, 2.75) is 0 Å². The summed E-state index contributed by atoms with van der Waals surface area (Å²) >= 11 is 2.10. The minimum atomic E-state index is 0. The van der Waals surface area contributed by atoms with E-state index in [0.29, 0.717) is 0 Å². The zero-order valence-electron chi connectivity index (χ0n) is 9.47. The molecule has 113 valence electrons. The topological polar surface area (TPSA) is 209 Å². The van der Waals surface area contributed by atoms with Gasteiger partial charge in [0.2, 0.25) is 0 Å². The fourth-order valence-corrected chi connectivity index (χ4v) is 0.300. The molecule has 11 heteroatoms. The van der Waals surface area contributed by atoms with Crippen molar-refractivity contribution >= 4 is 10.0 Å². The zero-order valence-corrected chi connectivity index (χ0v) is 12.3. The summed E-state index contributed by atoms with van der Waals surface area (Å²) < 4.78 is 0.844. The second-order valence-corrected chi connectivity index (χ2v) is 2.74. The van der Waals surface area contributed by atoms with Crippen LogP contribution in [0, 0.1) is 0 Å². The maximum absolute atomic E-state index is 8.39. The summed E-state index contributed by atoms with van der Waals surface area (Å²) in [4.78, 5) is 0. The molecule has 0 aromatic carbocycles. The summed E-state index contributed by atoms with van der Waals surface area (Å²) in [5.74, 6) is 0. The number of aliphatic hydroxyl groups excluding tert-OH is 1.